The molecule has 0 aromatic heterocycles. The van der Waals surface area contributed by atoms with Crippen LogP contribution < -0.4 is 10.5 Å². The highest BCUT2D eigenvalue weighted by molar-refractivity contribution is 5.93. The number of hydrogen-bond acceptors (Lipinski definition) is 6. The first-order chi connectivity index (χ1) is 8.61. The van der Waals surface area contributed by atoms with E-state index in [-0.39, 0.29) is 12.2 Å². The van der Waals surface area contributed by atoms with Crippen LogP contribution in [-0.2, 0) is 14.3 Å². The van der Waals surface area contributed by atoms with E-state index in [4.69, 9.17) is 19.9 Å². The van der Waals surface area contributed by atoms with Crippen LogP contribution in [-0.4, -0.2) is 31.8 Å². The summed E-state index contributed by atoms with van der Waals surface area (Å²) in [7, 11) is 1.48. The van der Waals surface area contributed by atoms with Gasteiger partial charge in [0.05, 0.1) is 25.0 Å². The van der Waals surface area contributed by atoms with E-state index in [2.05, 4.69) is 0 Å². The fraction of sp³-hybridized carbons (Fsp3) is 0.333. The quantitative estimate of drug-likeness (QED) is 0.630. The van der Waals surface area contributed by atoms with Crippen LogP contribution in [0.5, 0.6) is 5.75 Å². The molecule has 96 valence electrons. The summed E-state index contributed by atoms with van der Waals surface area (Å²) in [6.45, 7) is 0.279. The third kappa shape index (κ3) is 2.37. The summed E-state index contributed by atoms with van der Waals surface area (Å²) in [5.41, 5.74) is 6.29. The van der Waals surface area contributed by atoms with Crippen molar-refractivity contribution in [2.24, 2.45) is 0 Å². The molecule has 1 fully saturated rings. The minimum atomic E-state index is -0.819. The van der Waals surface area contributed by atoms with Gasteiger partial charge in [-0.05, 0) is 18.2 Å². The number of carbonyl (C=O) groups is 2. The smallest absolute Gasteiger partial charge is 0.347 e. The Morgan fingerprint density at radius 3 is 2.83 bits per heavy atom. The summed E-state index contributed by atoms with van der Waals surface area (Å²) >= 11 is 0. The van der Waals surface area contributed by atoms with Gasteiger partial charge in [-0.1, -0.05) is 0 Å². The van der Waals surface area contributed by atoms with E-state index in [1.54, 1.807) is 6.07 Å². The van der Waals surface area contributed by atoms with E-state index in [1.165, 1.54) is 19.2 Å². The van der Waals surface area contributed by atoms with Crippen molar-refractivity contribution in [2.75, 3.05) is 19.5 Å². The molecule has 1 heterocycles. The van der Waals surface area contributed by atoms with Crippen molar-refractivity contribution in [3.63, 3.8) is 0 Å². The lowest BCUT2D eigenvalue weighted by atomic mass is 10.2. The zero-order valence-corrected chi connectivity index (χ0v) is 9.84. The molecule has 1 saturated heterocycles. The van der Waals surface area contributed by atoms with E-state index in [0.29, 0.717) is 17.9 Å². The fourth-order valence-corrected chi connectivity index (χ4v) is 1.64. The zero-order valence-electron chi connectivity index (χ0n) is 9.84. The lowest BCUT2D eigenvalue weighted by Crippen LogP contribution is -2.22. The molecule has 1 atom stereocenters. The van der Waals surface area contributed by atoms with Crippen LogP contribution in [0.25, 0.3) is 0 Å². The predicted octanol–water partition coefficient (Wildman–Crippen LogP) is 0.750. The molecule has 1 aliphatic rings. The van der Waals surface area contributed by atoms with Crippen LogP contribution in [0, 0.1) is 0 Å². The summed E-state index contributed by atoms with van der Waals surface area (Å²) in [5.74, 6) is -0.634. The SMILES string of the molecule is COc1ccc(C(=O)OC2CCOC2=O)cc1N. The number of esters is 2. The lowest BCUT2D eigenvalue weighted by molar-refractivity contribution is -0.145. The van der Waals surface area contributed by atoms with Crippen molar-refractivity contribution in [2.45, 2.75) is 12.5 Å². The number of rotatable bonds is 3. The predicted molar refractivity (Wildman–Crippen MR) is 62.2 cm³/mol. The first-order valence-electron chi connectivity index (χ1n) is 5.43. The van der Waals surface area contributed by atoms with Crippen LogP contribution in [0.4, 0.5) is 5.69 Å². The highest BCUT2D eigenvalue weighted by Crippen LogP contribution is 2.23. The Kier molecular flexibility index (Phi) is 3.36. The van der Waals surface area contributed by atoms with E-state index in [1.807, 2.05) is 0 Å². The molecular weight excluding hydrogens is 238 g/mol. The van der Waals surface area contributed by atoms with Crippen molar-refractivity contribution >= 4 is 17.6 Å². The molecule has 18 heavy (non-hydrogen) atoms. The summed E-state index contributed by atoms with van der Waals surface area (Å²) in [5, 5.41) is 0. The largest absolute Gasteiger partial charge is 0.495 e. The maximum Gasteiger partial charge on any atom is 0.347 e. The monoisotopic (exact) mass is 251 g/mol. The van der Waals surface area contributed by atoms with Gasteiger partial charge >= 0.3 is 11.9 Å². The highest BCUT2D eigenvalue weighted by atomic mass is 16.6. The number of methoxy groups -OCH3 is 1. The summed E-state index contributed by atoms with van der Waals surface area (Å²) < 4.78 is 14.7. The Balaban J connectivity index is 2.09. The van der Waals surface area contributed by atoms with Gasteiger partial charge in [0, 0.05) is 6.42 Å². The second-order valence-electron chi connectivity index (χ2n) is 3.81. The third-order valence-electron chi connectivity index (χ3n) is 2.60. The van der Waals surface area contributed by atoms with Crippen LogP contribution in [0.2, 0.25) is 0 Å². The number of benzene rings is 1. The molecule has 0 saturated carbocycles. The maximum atomic E-state index is 11.8. The molecule has 2 N–H and O–H groups in total. The van der Waals surface area contributed by atoms with Gasteiger partial charge < -0.3 is 19.9 Å². The number of carbonyl (C=O) groups excluding carboxylic acids is 2. The second kappa shape index (κ2) is 4.95. The van der Waals surface area contributed by atoms with Gasteiger partial charge in [0.1, 0.15) is 5.75 Å². The van der Waals surface area contributed by atoms with Gasteiger partial charge in [-0.2, -0.15) is 0 Å². The number of hydrogen-bond donors (Lipinski definition) is 1. The number of nitrogens with two attached hydrogens (primary N) is 1. The Labute approximate surface area is 104 Å². The van der Waals surface area contributed by atoms with E-state index >= 15 is 0 Å². The normalized spacial score (nSPS) is 18.3. The first-order valence-corrected chi connectivity index (χ1v) is 5.43. The van der Waals surface area contributed by atoms with E-state index in [9.17, 15) is 9.59 Å². The molecule has 6 heteroatoms. The van der Waals surface area contributed by atoms with Gasteiger partial charge in [-0.15, -0.1) is 0 Å². The summed E-state index contributed by atoms with van der Waals surface area (Å²) in [4.78, 5) is 22.9. The number of ether oxygens (including phenoxy) is 3. The average Bonchev–Trinajstić information content (AvgIpc) is 2.75. The molecule has 2 rings (SSSR count). The van der Waals surface area contributed by atoms with Crippen molar-refractivity contribution in [1.29, 1.82) is 0 Å². The average molecular weight is 251 g/mol. The molecule has 1 aromatic carbocycles. The van der Waals surface area contributed by atoms with Crippen LogP contribution in [0.1, 0.15) is 16.8 Å². The molecular formula is C12H13NO5. The van der Waals surface area contributed by atoms with Crippen molar-refractivity contribution in [1.82, 2.24) is 0 Å². The Hall–Kier alpha value is -2.24. The molecule has 0 aliphatic carbocycles. The van der Waals surface area contributed by atoms with Gasteiger partial charge in [0.2, 0.25) is 6.10 Å². The first kappa shape index (κ1) is 12.2. The maximum absolute atomic E-state index is 11.8. The van der Waals surface area contributed by atoms with Crippen molar-refractivity contribution < 1.29 is 23.8 Å². The number of cyclic esters (lactones) is 1. The Morgan fingerprint density at radius 2 is 2.28 bits per heavy atom. The number of anilines is 1. The fourth-order valence-electron chi connectivity index (χ4n) is 1.64. The van der Waals surface area contributed by atoms with Gasteiger partial charge in [-0.3, -0.25) is 0 Å². The third-order valence-corrected chi connectivity index (χ3v) is 2.60. The highest BCUT2D eigenvalue weighted by Gasteiger charge is 2.30. The second-order valence-corrected chi connectivity index (χ2v) is 3.81. The molecule has 1 unspecified atom stereocenters. The Morgan fingerprint density at radius 1 is 1.50 bits per heavy atom. The Bertz CT molecular complexity index is 485. The molecule has 0 bridgehead atoms. The zero-order chi connectivity index (χ0) is 13.1. The minimum Gasteiger partial charge on any atom is -0.495 e. The number of nitrogen functional groups attached to an aromatic ring is 1. The van der Waals surface area contributed by atoms with Crippen molar-refractivity contribution in [3.8, 4) is 5.75 Å². The van der Waals surface area contributed by atoms with Crippen LogP contribution >= 0.6 is 0 Å². The molecule has 1 aromatic rings. The lowest BCUT2D eigenvalue weighted by Gasteiger charge is -2.10. The molecule has 6 nitrogen and oxygen atoms in total. The topological polar surface area (TPSA) is 87.9 Å². The van der Waals surface area contributed by atoms with Gasteiger partial charge in [-0.25, -0.2) is 9.59 Å². The van der Waals surface area contributed by atoms with E-state index < -0.39 is 18.0 Å². The molecule has 1 aliphatic heterocycles. The van der Waals surface area contributed by atoms with Crippen LogP contribution in [0.15, 0.2) is 18.2 Å². The molecule has 0 amide bonds. The standard InChI is InChI=1S/C12H13NO5/c1-16-9-3-2-7(6-8(9)13)11(14)18-10-4-5-17-12(10)15/h2-3,6,10H,4-5,13H2,1H3. The van der Waals surface area contributed by atoms with Crippen LogP contribution in [0.3, 0.4) is 0 Å². The molecule has 0 spiro atoms. The van der Waals surface area contributed by atoms with Gasteiger partial charge in [0.15, 0.2) is 0 Å². The van der Waals surface area contributed by atoms with Gasteiger partial charge in [0.25, 0.3) is 0 Å². The minimum absolute atomic E-state index is 0.271. The molecule has 0 radical (unpaired) electrons. The van der Waals surface area contributed by atoms with Crippen molar-refractivity contribution in [3.05, 3.63) is 23.8 Å². The summed E-state index contributed by atoms with van der Waals surface area (Å²) in [6.07, 6.45) is -0.434. The summed E-state index contributed by atoms with van der Waals surface area (Å²) in [6, 6.07) is 4.54. The van der Waals surface area contributed by atoms with E-state index in [0.717, 1.165) is 0 Å².